The van der Waals surface area contributed by atoms with E-state index in [1.54, 1.807) is 24.3 Å². The summed E-state index contributed by atoms with van der Waals surface area (Å²) in [4.78, 5) is 24.8. The van der Waals surface area contributed by atoms with E-state index in [4.69, 9.17) is 11.6 Å². The van der Waals surface area contributed by atoms with Crippen molar-refractivity contribution < 1.29 is 4.92 Å². The van der Waals surface area contributed by atoms with Crippen molar-refractivity contribution in [3.63, 3.8) is 0 Å². The quantitative estimate of drug-likeness (QED) is 0.420. The maximum atomic E-state index is 11.9. The molecule has 2 aromatic carbocycles. The van der Waals surface area contributed by atoms with Gasteiger partial charge in [0.2, 0.25) is 0 Å². The molecule has 1 N–H and O–H groups in total. The molecule has 0 fully saturated rings. The first kappa shape index (κ1) is 11.7. The number of aromatic nitrogens is 1. The average Bonchev–Trinajstić information content (AvgIpc) is 2.38. The first-order chi connectivity index (χ1) is 9.08. The Hall–Kier alpha value is -2.40. The van der Waals surface area contributed by atoms with Crippen LogP contribution in [0.3, 0.4) is 0 Å². The van der Waals surface area contributed by atoms with Gasteiger partial charge in [-0.3, -0.25) is 14.9 Å². The lowest BCUT2D eigenvalue weighted by Gasteiger charge is -2.05. The first-order valence-electron chi connectivity index (χ1n) is 5.46. The van der Waals surface area contributed by atoms with Gasteiger partial charge in [-0.15, -0.1) is 0 Å². The second kappa shape index (κ2) is 4.07. The number of fused-ring (bicyclic) bond motifs is 3. The van der Waals surface area contributed by atoms with Crippen molar-refractivity contribution >= 4 is 39.0 Å². The van der Waals surface area contributed by atoms with Crippen molar-refractivity contribution in [1.29, 1.82) is 0 Å². The molecule has 0 unspecified atom stereocenters. The number of aromatic amines is 1. The maximum absolute atomic E-state index is 11.9. The number of hydrogen-bond acceptors (Lipinski definition) is 3. The molecule has 6 heteroatoms. The highest BCUT2D eigenvalue weighted by atomic mass is 35.5. The number of H-pyrrole nitrogens is 1. The fourth-order valence-electron chi connectivity index (χ4n) is 2.16. The minimum Gasteiger partial charge on any atom is -0.321 e. The van der Waals surface area contributed by atoms with Crippen LogP contribution in [0.2, 0.25) is 5.02 Å². The van der Waals surface area contributed by atoms with E-state index in [2.05, 4.69) is 4.98 Å². The van der Waals surface area contributed by atoms with E-state index in [1.165, 1.54) is 12.1 Å². The summed E-state index contributed by atoms with van der Waals surface area (Å²) >= 11 is 6.11. The number of non-ortho nitro benzene ring substituents is 1. The molecule has 0 atom stereocenters. The highest BCUT2D eigenvalue weighted by Crippen LogP contribution is 2.31. The zero-order chi connectivity index (χ0) is 13.6. The van der Waals surface area contributed by atoms with Crippen LogP contribution in [0.15, 0.2) is 41.2 Å². The Bertz CT molecular complexity index is 886. The number of halogens is 1. The molecule has 94 valence electrons. The van der Waals surface area contributed by atoms with Gasteiger partial charge >= 0.3 is 0 Å². The monoisotopic (exact) mass is 274 g/mol. The summed E-state index contributed by atoms with van der Waals surface area (Å²) < 4.78 is 0. The second-order valence-electron chi connectivity index (χ2n) is 4.11. The van der Waals surface area contributed by atoms with Gasteiger partial charge in [-0.05, 0) is 11.5 Å². The lowest BCUT2D eigenvalue weighted by molar-refractivity contribution is -0.384. The summed E-state index contributed by atoms with van der Waals surface area (Å²) in [5.74, 6) is 0. The molecule has 0 aliphatic heterocycles. The smallest absolute Gasteiger partial charge is 0.273 e. The first-order valence-corrected chi connectivity index (χ1v) is 5.84. The number of nitro benzene ring substituents is 1. The van der Waals surface area contributed by atoms with Gasteiger partial charge in [-0.1, -0.05) is 29.8 Å². The standard InChI is InChI=1S/C13H7ClN2O3/c14-10-5-7(16(18)19)6-11-12(10)8-3-1-2-4-9(8)13(17)15-11/h1-6H,(H,15,17). The molecule has 0 aliphatic carbocycles. The van der Waals surface area contributed by atoms with Crippen LogP contribution in [-0.2, 0) is 0 Å². The van der Waals surface area contributed by atoms with Gasteiger partial charge in [0.05, 0.1) is 15.5 Å². The van der Waals surface area contributed by atoms with Crippen molar-refractivity contribution in [2.45, 2.75) is 0 Å². The topological polar surface area (TPSA) is 76.0 Å². The van der Waals surface area contributed by atoms with Crippen LogP contribution in [0.25, 0.3) is 21.7 Å². The number of benzene rings is 2. The van der Waals surface area contributed by atoms with Crippen molar-refractivity contribution in [2.24, 2.45) is 0 Å². The summed E-state index contributed by atoms with van der Waals surface area (Å²) in [6, 6.07) is 9.60. The Labute approximate surface area is 111 Å². The molecular weight excluding hydrogens is 268 g/mol. The maximum Gasteiger partial charge on any atom is 0.273 e. The van der Waals surface area contributed by atoms with E-state index in [9.17, 15) is 14.9 Å². The van der Waals surface area contributed by atoms with Crippen LogP contribution >= 0.6 is 11.6 Å². The van der Waals surface area contributed by atoms with Gasteiger partial charge in [0.25, 0.3) is 11.2 Å². The minimum atomic E-state index is -0.543. The normalized spacial score (nSPS) is 11.0. The van der Waals surface area contributed by atoms with E-state index in [0.717, 1.165) is 0 Å². The molecule has 3 rings (SSSR count). The number of rotatable bonds is 1. The van der Waals surface area contributed by atoms with E-state index < -0.39 is 4.92 Å². The summed E-state index contributed by atoms with van der Waals surface area (Å²) in [6.45, 7) is 0. The predicted molar refractivity (Wildman–Crippen MR) is 73.7 cm³/mol. The Kier molecular flexibility index (Phi) is 2.50. The third-order valence-electron chi connectivity index (χ3n) is 2.98. The fourth-order valence-corrected chi connectivity index (χ4v) is 2.47. The molecular formula is C13H7ClN2O3. The van der Waals surface area contributed by atoms with Gasteiger partial charge in [-0.25, -0.2) is 0 Å². The average molecular weight is 275 g/mol. The van der Waals surface area contributed by atoms with Crippen molar-refractivity contribution in [3.05, 3.63) is 61.9 Å². The van der Waals surface area contributed by atoms with Crippen molar-refractivity contribution in [3.8, 4) is 0 Å². The van der Waals surface area contributed by atoms with E-state index in [-0.39, 0.29) is 16.3 Å². The van der Waals surface area contributed by atoms with Crippen LogP contribution in [0.5, 0.6) is 0 Å². The summed E-state index contributed by atoms with van der Waals surface area (Å²) in [7, 11) is 0. The molecule has 0 amide bonds. The molecule has 0 bridgehead atoms. The Balaban J connectivity index is 2.57. The molecule has 5 nitrogen and oxygen atoms in total. The molecule has 0 saturated carbocycles. The largest absolute Gasteiger partial charge is 0.321 e. The minimum absolute atomic E-state index is 0.150. The van der Waals surface area contributed by atoms with Gasteiger partial charge in [0.1, 0.15) is 0 Å². The molecule has 1 aromatic heterocycles. The number of nitro groups is 1. The van der Waals surface area contributed by atoms with Crippen LogP contribution in [-0.4, -0.2) is 9.91 Å². The fraction of sp³-hybridized carbons (Fsp3) is 0. The van der Waals surface area contributed by atoms with Crippen LogP contribution in [0, 0.1) is 10.1 Å². The number of nitrogens with zero attached hydrogens (tertiary/aromatic N) is 1. The molecule has 0 spiro atoms. The number of hydrogen-bond donors (Lipinski definition) is 1. The Morgan fingerprint density at radius 3 is 2.53 bits per heavy atom. The lowest BCUT2D eigenvalue weighted by atomic mass is 10.1. The van der Waals surface area contributed by atoms with Crippen LogP contribution in [0.4, 0.5) is 5.69 Å². The third kappa shape index (κ3) is 1.75. The number of nitrogens with one attached hydrogen (secondary N) is 1. The summed E-state index contributed by atoms with van der Waals surface area (Å²) in [5, 5.41) is 12.8. The number of pyridine rings is 1. The van der Waals surface area contributed by atoms with E-state index in [0.29, 0.717) is 21.7 Å². The molecule has 19 heavy (non-hydrogen) atoms. The zero-order valence-electron chi connectivity index (χ0n) is 9.51. The van der Waals surface area contributed by atoms with E-state index >= 15 is 0 Å². The molecule has 1 heterocycles. The molecule has 0 radical (unpaired) electrons. The third-order valence-corrected chi connectivity index (χ3v) is 3.27. The van der Waals surface area contributed by atoms with Crippen molar-refractivity contribution in [1.82, 2.24) is 4.98 Å². The van der Waals surface area contributed by atoms with Gasteiger partial charge < -0.3 is 4.98 Å². The highest BCUT2D eigenvalue weighted by molar-refractivity contribution is 6.38. The SMILES string of the molecule is O=c1[nH]c2cc([N+](=O)[O-])cc(Cl)c2c2ccccc12. The Morgan fingerprint density at radius 2 is 1.84 bits per heavy atom. The van der Waals surface area contributed by atoms with E-state index in [1.807, 2.05) is 0 Å². The molecule has 0 aliphatic rings. The summed E-state index contributed by atoms with van der Waals surface area (Å²) in [6.07, 6.45) is 0. The van der Waals surface area contributed by atoms with Crippen LogP contribution < -0.4 is 5.56 Å². The predicted octanol–water partition coefficient (Wildman–Crippen LogP) is 3.24. The molecule has 0 saturated heterocycles. The van der Waals surface area contributed by atoms with Gasteiger partial charge in [-0.2, -0.15) is 0 Å². The Morgan fingerprint density at radius 1 is 1.16 bits per heavy atom. The van der Waals surface area contributed by atoms with Crippen LogP contribution in [0.1, 0.15) is 0 Å². The molecule has 3 aromatic rings. The van der Waals surface area contributed by atoms with Gasteiger partial charge in [0, 0.05) is 22.9 Å². The van der Waals surface area contributed by atoms with Gasteiger partial charge in [0.15, 0.2) is 0 Å². The zero-order valence-corrected chi connectivity index (χ0v) is 10.3. The van der Waals surface area contributed by atoms with Crippen molar-refractivity contribution in [2.75, 3.05) is 0 Å². The lowest BCUT2D eigenvalue weighted by Crippen LogP contribution is -2.06. The highest BCUT2D eigenvalue weighted by Gasteiger charge is 2.14. The summed E-state index contributed by atoms with van der Waals surface area (Å²) in [5.41, 5.74) is -0.0778. The second-order valence-corrected chi connectivity index (χ2v) is 4.51.